The number of thiophene rings is 1. The Kier molecular flexibility index (Phi) is 5.69. The summed E-state index contributed by atoms with van der Waals surface area (Å²) >= 11 is 0.943. The number of sulfonamides is 1. The van der Waals surface area contributed by atoms with Gasteiger partial charge in [-0.1, -0.05) is 18.6 Å². The van der Waals surface area contributed by atoms with E-state index in [1.807, 2.05) is 0 Å². The third-order valence-electron chi connectivity index (χ3n) is 4.14. The van der Waals surface area contributed by atoms with Crippen LogP contribution < -0.4 is 0 Å². The van der Waals surface area contributed by atoms with Gasteiger partial charge >= 0.3 is 5.97 Å². The van der Waals surface area contributed by atoms with Crippen LogP contribution in [0.2, 0.25) is 0 Å². The quantitative estimate of drug-likeness (QED) is 0.719. The van der Waals surface area contributed by atoms with Crippen LogP contribution in [0, 0.1) is 11.6 Å². The number of nitrogens with zero attached hydrogens (tertiary/aromatic N) is 1. The number of hydrogen-bond donors (Lipinski definition) is 0. The molecule has 0 spiro atoms. The molecule has 0 saturated carbocycles. The van der Waals surface area contributed by atoms with E-state index in [-0.39, 0.29) is 15.3 Å². The highest BCUT2D eigenvalue weighted by Gasteiger charge is 2.31. The highest BCUT2D eigenvalue weighted by Crippen LogP contribution is 2.28. The van der Waals surface area contributed by atoms with E-state index in [2.05, 4.69) is 0 Å². The predicted octanol–water partition coefficient (Wildman–Crippen LogP) is 3.56. The van der Waals surface area contributed by atoms with Gasteiger partial charge in [0.2, 0.25) is 10.0 Å². The van der Waals surface area contributed by atoms with E-state index in [0.29, 0.717) is 13.1 Å². The molecule has 0 radical (unpaired) electrons. The molecule has 0 bridgehead atoms. The molecule has 5 nitrogen and oxygen atoms in total. The minimum absolute atomic E-state index is 0.0626. The molecule has 1 aromatic carbocycles. The summed E-state index contributed by atoms with van der Waals surface area (Å²) in [4.78, 5) is 12.1. The first kappa shape index (κ1) is 18.9. The molecule has 0 N–H and O–H groups in total. The van der Waals surface area contributed by atoms with Crippen LogP contribution in [0.4, 0.5) is 8.78 Å². The van der Waals surface area contributed by atoms with Crippen molar-refractivity contribution in [3.8, 4) is 0 Å². The molecule has 1 saturated heterocycles. The lowest BCUT2D eigenvalue weighted by Crippen LogP contribution is -2.36. The maximum atomic E-state index is 13.6. The zero-order chi connectivity index (χ0) is 18.7. The summed E-state index contributed by atoms with van der Waals surface area (Å²) in [6.45, 7) is 0.353. The van der Waals surface area contributed by atoms with Gasteiger partial charge in [-0.05, 0) is 30.4 Å². The number of halogens is 2. The van der Waals surface area contributed by atoms with Crippen LogP contribution in [0.5, 0.6) is 0 Å². The first-order valence-electron chi connectivity index (χ1n) is 8.09. The number of piperidine rings is 1. The van der Waals surface area contributed by atoms with Crippen molar-refractivity contribution in [1.82, 2.24) is 4.31 Å². The SMILES string of the molecule is O=C(OCc1cccc(F)c1F)c1sccc1S(=O)(=O)N1CCCCC1. The molecule has 3 rings (SSSR count). The van der Waals surface area contributed by atoms with Gasteiger partial charge in [-0.25, -0.2) is 22.0 Å². The number of hydrogen-bond acceptors (Lipinski definition) is 5. The Morgan fingerprint density at radius 2 is 1.88 bits per heavy atom. The molecular formula is C17H17F2NO4S2. The first-order valence-corrected chi connectivity index (χ1v) is 10.4. The smallest absolute Gasteiger partial charge is 0.350 e. The second-order valence-corrected chi connectivity index (χ2v) is 8.69. The molecule has 140 valence electrons. The van der Waals surface area contributed by atoms with Gasteiger partial charge in [-0.3, -0.25) is 0 Å². The molecular weight excluding hydrogens is 384 g/mol. The van der Waals surface area contributed by atoms with Gasteiger partial charge < -0.3 is 4.74 Å². The molecule has 0 atom stereocenters. The highest BCUT2D eigenvalue weighted by atomic mass is 32.2. The lowest BCUT2D eigenvalue weighted by Gasteiger charge is -2.25. The normalized spacial score (nSPS) is 15.8. The van der Waals surface area contributed by atoms with Crippen molar-refractivity contribution in [3.05, 3.63) is 51.7 Å². The van der Waals surface area contributed by atoms with Crippen molar-refractivity contribution in [3.63, 3.8) is 0 Å². The van der Waals surface area contributed by atoms with Crippen molar-refractivity contribution in [1.29, 1.82) is 0 Å². The van der Waals surface area contributed by atoms with Crippen molar-refractivity contribution in [2.45, 2.75) is 30.8 Å². The van der Waals surface area contributed by atoms with Gasteiger partial charge in [0.1, 0.15) is 16.4 Å². The standard InChI is InChI=1S/C17H17F2NO4S2/c18-13-6-4-5-12(15(13)19)11-24-17(21)16-14(7-10-25-16)26(22,23)20-8-2-1-3-9-20/h4-7,10H,1-3,8-9,11H2. The zero-order valence-electron chi connectivity index (χ0n) is 13.8. The summed E-state index contributed by atoms with van der Waals surface area (Å²) in [5.74, 6) is -3.00. The van der Waals surface area contributed by atoms with Crippen molar-refractivity contribution >= 4 is 27.3 Å². The largest absolute Gasteiger partial charge is 0.456 e. The van der Waals surface area contributed by atoms with E-state index < -0.39 is 34.2 Å². The number of carbonyl (C=O) groups is 1. The molecule has 1 aliphatic rings. The second-order valence-electron chi connectivity index (χ2n) is 5.87. The van der Waals surface area contributed by atoms with Gasteiger partial charge in [0.05, 0.1) is 0 Å². The topological polar surface area (TPSA) is 63.7 Å². The number of rotatable bonds is 5. The average Bonchev–Trinajstić information content (AvgIpc) is 3.14. The van der Waals surface area contributed by atoms with Gasteiger partial charge in [0.25, 0.3) is 0 Å². The fourth-order valence-corrected chi connectivity index (χ4v) is 5.56. The number of benzene rings is 1. The van der Waals surface area contributed by atoms with Crippen LogP contribution >= 0.6 is 11.3 Å². The van der Waals surface area contributed by atoms with Crippen molar-refractivity contribution < 1.29 is 26.7 Å². The van der Waals surface area contributed by atoms with Crippen molar-refractivity contribution in [2.75, 3.05) is 13.1 Å². The number of esters is 1. The summed E-state index contributed by atoms with van der Waals surface area (Å²) in [7, 11) is -3.78. The number of ether oxygens (including phenoxy) is 1. The first-order chi connectivity index (χ1) is 12.4. The molecule has 1 aliphatic heterocycles. The van der Waals surface area contributed by atoms with Gasteiger partial charge in [0.15, 0.2) is 11.6 Å². The summed E-state index contributed by atoms with van der Waals surface area (Å²) in [5.41, 5.74) is -0.115. The zero-order valence-corrected chi connectivity index (χ0v) is 15.4. The van der Waals surface area contributed by atoms with Gasteiger partial charge in [-0.15, -0.1) is 11.3 Å². The fraction of sp³-hybridized carbons (Fsp3) is 0.353. The van der Waals surface area contributed by atoms with Gasteiger partial charge in [-0.2, -0.15) is 4.31 Å². The predicted molar refractivity (Wildman–Crippen MR) is 92.4 cm³/mol. The van der Waals surface area contributed by atoms with Crippen molar-refractivity contribution in [2.24, 2.45) is 0 Å². The average molecular weight is 401 g/mol. The Bertz CT molecular complexity index is 905. The van der Waals surface area contributed by atoms with Crippen LogP contribution in [0.3, 0.4) is 0 Å². The minimum Gasteiger partial charge on any atom is -0.456 e. The molecule has 9 heteroatoms. The van der Waals surface area contributed by atoms with E-state index in [0.717, 1.165) is 36.7 Å². The molecule has 2 heterocycles. The third kappa shape index (κ3) is 3.79. The molecule has 2 aromatic rings. The Morgan fingerprint density at radius 3 is 2.62 bits per heavy atom. The molecule has 0 unspecified atom stereocenters. The van der Waals surface area contributed by atoms with Gasteiger partial charge in [0, 0.05) is 18.7 Å². The monoisotopic (exact) mass is 401 g/mol. The summed E-state index contributed by atoms with van der Waals surface area (Å²) in [6, 6.07) is 4.93. The van der Waals surface area contributed by atoms with E-state index in [1.165, 1.54) is 27.9 Å². The third-order valence-corrected chi connectivity index (χ3v) is 7.10. The Hall–Kier alpha value is -1.84. The van der Waals surface area contributed by atoms with Crippen LogP contribution in [0.15, 0.2) is 34.5 Å². The van der Waals surface area contributed by atoms with Crippen LogP contribution in [-0.4, -0.2) is 31.8 Å². The van der Waals surface area contributed by atoms with E-state index in [9.17, 15) is 22.0 Å². The van der Waals surface area contributed by atoms with Crippen LogP contribution in [0.1, 0.15) is 34.5 Å². The van der Waals surface area contributed by atoms with E-state index in [1.54, 1.807) is 0 Å². The summed E-state index contributed by atoms with van der Waals surface area (Å²) < 4.78 is 58.7. The molecule has 1 aromatic heterocycles. The molecule has 26 heavy (non-hydrogen) atoms. The second kappa shape index (κ2) is 7.81. The Balaban J connectivity index is 1.77. The fourth-order valence-electron chi connectivity index (χ4n) is 2.76. The Morgan fingerprint density at radius 1 is 1.15 bits per heavy atom. The molecule has 1 fully saturated rings. The molecule has 0 aliphatic carbocycles. The van der Waals surface area contributed by atoms with E-state index >= 15 is 0 Å². The van der Waals surface area contributed by atoms with Crippen LogP contribution in [-0.2, 0) is 21.4 Å². The van der Waals surface area contributed by atoms with Crippen LogP contribution in [0.25, 0.3) is 0 Å². The lowest BCUT2D eigenvalue weighted by atomic mass is 10.2. The summed E-state index contributed by atoms with van der Waals surface area (Å²) in [5, 5.41) is 1.50. The number of carbonyl (C=O) groups excluding carboxylic acids is 1. The summed E-state index contributed by atoms with van der Waals surface area (Å²) in [6.07, 6.45) is 2.54. The van der Waals surface area contributed by atoms with E-state index in [4.69, 9.17) is 4.74 Å². The maximum Gasteiger partial charge on any atom is 0.350 e. The highest BCUT2D eigenvalue weighted by molar-refractivity contribution is 7.89. The minimum atomic E-state index is -3.78. The lowest BCUT2D eigenvalue weighted by molar-refractivity contribution is 0.0469. The maximum absolute atomic E-state index is 13.6. The molecule has 0 amide bonds. The Labute approximate surface area is 154 Å².